The normalized spacial score (nSPS) is 18.8. The highest BCUT2D eigenvalue weighted by Crippen LogP contribution is 2.33. The lowest BCUT2D eigenvalue weighted by Crippen LogP contribution is -2.21. The third-order valence-electron chi connectivity index (χ3n) is 2.72. The van der Waals surface area contributed by atoms with Crippen molar-refractivity contribution in [3.8, 4) is 0 Å². The second kappa shape index (κ2) is 4.25. The molecule has 1 heterocycles. The smallest absolute Gasteiger partial charge is 0.00446 e. The monoisotopic (exact) mass is 195 g/mol. The summed E-state index contributed by atoms with van der Waals surface area (Å²) < 4.78 is 0. The molecule has 0 spiro atoms. The van der Waals surface area contributed by atoms with Crippen LogP contribution in [0.3, 0.4) is 0 Å². The summed E-state index contributed by atoms with van der Waals surface area (Å²) in [5.41, 5.74) is 7.49. The van der Waals surface area contributed by atoms with Crippen molar-refractivity contribution in [3.63, 3.8) is 0 Å². The highest BCUT2D eigenvalue weighted by atomic mass is 32.1. The van der Waals surface area contributed by atoms with Crippen LogP contribution in [0.15, 0.2) is 16.8 Å². The Bertz CT molecular complexity index is 239. The topological polar surface area (TPSA) is 26.0 Å². The lowest BCUT2D eigenvalue weighted by atomic mass is 10.0. The molecule has 1 aromatic heterocycles. The van der Waals surface area contributed by atoms with Crippen LogP contribution >= 0.6 is 11.3 Å². The first-order valence-electron chi connectivity index (χ1n) is 5.11. The zero-order chi connectivity index (χ0) is 9.10. The Kier molecular flexibility index (Phi) is 3.01. The average Bonchev–Trinajstić information content (AvgIpc) is 2.78. The molecule has 2 heteroatoms. The maximum absolute atomic E-state index is 6.03. The van der Waals surface area contributed by atoms with Gasteiger partial charge < -0.3 is 5.73 Å². The van der Waals surface area contributed by atoms with E-state index in [1.165, 1.54) is 24.8 Å². The highest BCUT2D eigenvalue weighted by molar-refractivity contribution is 7.07. The third-order valence-corrected chi connectivity index (χ3v) is 3.45. The van der Waals surface area contributed by atoms with Crippen molar-refractivity contribution >= 4 is 11.3 Å². The standard InChI is InChI=1S/C11H17NS/c12-11(7-9-1-2-9)4-3-10-5-6-13-8-10/h5-6,8-9,11H,1-4,7,12H2. The number of aryl methyl sites for hydroxylation is 1. The fraction of sp³-hybridized carbons (Fsp3) is 0.636. The molecule has 0 aromatic carbocycles. The molecular weight excluding hydrogens is 178 g/mol. The summed E-state index contributed by atoms with van der Waals surface area (Å²) in [6.45, 7) is 0. The van der Waals surface area contributed by atoms with Crippen molar-refractivity contribution in [1.29, 1.82) is 0 Å². The predicted octanol–water partition coefficient (Wildman–Crippen LogP) is 2.81. The van der Waals surface area contributed by atoms with Crippen LogP contribution in [0, 0.1) is 5.92 Å². The molecule has 1 aliphatic carbocycles. The fourth-order valence-electron chi connectivity index (χ4n) is 1.69. The molecule has 0 aliphatic heterocycles. The summed E-state index contributed by atoms with van der Waals surface area (Å²) in [6, 6.07) is 2.64. The van der Waals surface area contributed by atoms with Crippen molar-refractivity contribution in [2.75, 3.05) is 0 Å². The van der Waals surface area contributed by atoms with Crippen molar-refractivity contribution in [2.24, 2.45) is 11.7 Å². The molecule has 1 aromatic rings. The number of rotatable bonds is 5. The van der Waals surface area contributed by atoms with Gasteiger partial charge in [0.25, 0.3) is 0 Å². The maximum Gasteiger partial charge on any atom is 0.00446 e. The second-order valence-electron chi connectivity index (χ2n) is 4.11. The van der Waals surface area contributed by atoms with Gasteiger partial charge in [-0.15, -0.1) is 0 Å². The van der Waals surface area contributed by atoms with Crippen LogP contribution in [0.5, 0.6) is 0 Å². The van der Waals surface area contributed by atoms with E-state index in [1.54, 1.807) is 11.3 Å². The maximum atomic E-state index is 6.03. The van der Waals surface area contributed by atoms with Gasteiger partial charge in [-0.1, -0.05) is 12.8 Å². The van der Waals surface area contributed by atoms with Gasteiger partial charge in [0.2, 0.25) is 0 Å². The van der Waals surface area contributed by atoms with Crippen molar-refractivity contribution in [1.82, 2.24) is 0 Å². The molecular formula is C11H17NS. The quantitative estimate of drug-likeness (QED) is 0.768. The number of hydrogen-bond acceptors (Lipinski definition) is 2. The highest BCUT2D eigenvalue weighted by Gasteiger charge is 2.23. The van der Waals surface area contributed by atoms with Crippen molar-refractivity contribution in [3.05, 3.63) is 22.4 Å². The Hall–Kier alpha value is -0.340. The van der Waals surface area contributed by atoms with E-state index >= 15 is 0 Å². The van der Waals surface area contributed by atoms with E-state index < -0.39 is 0 Å². The number of hydrogen-bond donors (Lipinski definition) is 1. The molecule has 1 nitrogen and oxygen atoms in total. The van der Waals surface area contributed by atoms with Gasteiger partial charge in [-0.25, -0.2) is 0 Å². The Morgan fingerprint density at radius 3 is 3.00 bits per heavy atom. The summed E-state index contributed by atoms with van der Waals surface area (Å²) >= 11 is 1.78. The van der Waals surface area contributed by atoms with Gasteiger partial charge in [0.1, 0.15) is 0 Å². The van der Waals surface area contributed by atoms with E-state index in [0.29, 0.717) is 6.04 Å². The Balaban J connectivity index is 1.66. The van der Waals surface area contributed by atoms with Crippen molar-refractivity contribution < 1.29 is 0 Å². The summed E-state index contributed by atoms with van der Waals surface area (Å²) in [5, 5.41) is 4.37. The Morgan fingerprint density at radius 1 is 1.54 bits per heavy atom. The molecule has 0 bridgehead atoms. The van der Waals surface area contributed by atoms with Gasteiger partial charge in [-0.2, -0.15) is 11.3 Å². The predicted molar refractivity (Wildman–Crippen MR) is 58.0 cm³/mol. The molecule has 0 amide bonds. The molecule has 0 saturated heterocycles. The van der Waals surface area contributed by atoms with E-state index in [-0.39, 0.29) is 0 Å². The second-order valence-corrected chi connectivity index (χ2v) is 4.89. The van der Waals surface area contributed by atoms with E-state index in [1.807, 2.05) is 0 Å². The van der Waals surface area contributed by atoms with E-state index in [2.05, 4.69) is 16.8 Å². The largest absolute Gasteiger partial charge is 0.328 e. The van der Waals surface area contributed by atoms with Crippen LogP contribution in [0.1, 0.15) is 31.2 Å². The lowest BCUT2D eigenvalue weighted by Gasteiger charge is -2.09. The molecule has 1 atom stereocenters. The minimum Gasteiger partial charge on any atom is -0.328 e. The summed E-state index contributed by atoms with van der Waals surface area (Å²) in [4.78, 5) is 0. The SMILES string of the molecule is NC(CCc1ccsc1)CC1CC1. The molecule has 13 heavy (non-hydrogen) atoms. The molecule has 0 radical (unpaired) electrons. The van der Waals surface area contributed by atoms with Crippen LogP contribution in [-0.2, 0) is 6.42 Å². The molecule has 1 aliphatic rings. The third kappa shape index (κ3) is 3.12. The van der Waals surface area contributed by atoms with Gasteiger partial charge in [-0.3, -0.25) is 0 Å². The Morgan fingerprint density at radius 2 is 2.38 bits per heavy atom. The van der Waals surface area contributed by atoms with Crippen LogP contribution < -0.4 is 5.73 Å². The molecule has 1 saturated carbocycles. The number of thiophene rings is 1. The van der Waals surface area contributed by atoms with Crippen LogP contribution in [0.2, 0.25) is 0 Å². The summed E-state index contributed by atoms with van der Waals surface area (Å²) in [6.07, 6.45) is 6.42. The fourth-order valence-corrected chi connectivity index (χ4v) is 2.39. The molecule has 2 N–H and O–H groups in total. The minimum absolute atomic E-state index is 0.437. The van der Waals surface area contributed by atoms with Gasteiger partial charge in [-0.05, 0) is 47.6 Å². The van der Waals surface area contributed by atoms with Crippen LogP contribution in [0.4, 0.5) is 0 Å². The summed E-state index contributed by atoms with van der Waals surface area (Å²) in [7, 11) is 0. The average molecular weight is 195 g/mol. The van der Waals surface area contributed by atoms with E-state index in [0.717, 1.165) is 18.8 Å². The van der Waals surface area contributed by atoms with Gasteiger partial charge in [0, 0.05) is 6.04 Å². The summed E-state index contributed by atoms with van der Waals surface area (Å²) in [5.74, 6) is 0.970. The zero-order valence-corrected chi connectivity index (χ0v) is 8.72. The molecule has 2 rings (SSSR count). The van der Waals surface area contributed by atoms with Crippen molar-refractivity contribution in [2.45, 2.75) is 38.1 Å². The van der Waals surface area contributed by atoms with E-state index in [4.69, 9.17) is 5.73 Å². The number of nitrogens with two attached hydrogens (primary N) is 1. The first-order valence-corrected chi connectivity index (χ1v) is 6.05. The molecule has 72 valence electrons. The van der Waals surface area contributed by atoms with E-state index in [9.17, 15) is 0 Å². The Labute approximate surface area is 84.0 Å². The minimum atomic E-state index is 0.437. The first kappa shape index (κ1) is 9.22. The van der Waals surface area contributed by atoms with Crippen LogP contribution in [0.25, 0.3) is 0 Å². The lowest BCUT2D eigenvalue weighted by molar-refractivity contribution is 0.534. The molecule has 1 unspecified atom stereocenters. The van der Waals surface area contributed by atoms with Crippen LogP contribution in [-0.4, -0.2) is 6.04 Å². The van der Waals surface area contributed by atoms with Gasteiger partial charge in [0.15, 0.2) is 0 Å². The van der Waals surface area contributed by atoms with Gasteiger partial charge in [0.05, 0.1) is 0 Å². The zero-order valence-electron chi connectivity index (χ0n) is 7.91. The first-order chi connectivity index (χ1) is 6.34. The molecule has 1 fully saturated rings. The van der Waals surface area contributed by atoms with Gasteiger partial charge >= 0.3 is 0 Å².